The highest BCUT2D eigenvalue weighted by molar-refractivity contribution is 8.01. The van der Waals surface area contributed by atoms with Crippen LogP contribution in [0.2, 0.25) is 0 Å². The molecule has 3 heterocycles. The summed E-state index contributed by atoms with van der Waals surface area (Å²) in [5.41, 5.74) is 0.903. The summed E-state index contributed by atoms with van der Waals surface area (Å²) in [5, 5.41) is 41.3. The van der Waals surface area contributed by atoms with Crippen LogP contribution < -0.4 is 5.32 Å². The molecule has 0 radical (unpaired) electrons. The Labute approximate surface area is 200 Å². The van der Waals surface area contributed by atoms with Crippen molar-refractivity contribution in [1.82, 2.24) is 25.6 Å². The summed E-state index contributed by atoms with van der Waals surface area (Å²) in [6, 6.07) is 7.29. The lowest BCUT2D eigenvalue weighted by atomic mass is 10.0. The Morgan fingerprint density at radius 3 is 2.65 bits per heavy atom. The van der Waals surface area contributed by atoms with Gasteiger partial charge in [-0.2, -0.15) is 10.3 Å². The molecule has 14 heteroatoms. The van der Waals surface area contributed by atoms with Crippen LogP contribution in [0.25, 0.3) is 0 Å². The maximum absolute atomic E-state index is 12.8. The summed E-state index contributed by atoms with van der Waals surface area (Å²) in [6.07, 6.45) is -1.79. The molecular formula is C20H19N5O7S2. The molecule has 1 aromatic heterocycles. The number of aliphatic carboxylic acids is 2. The predicted octanol–water partition coefficient (Wildman–Crippen LogP) is -0.00390. The molecule has 2 aliphatic heterocycles. The minimum absolute atomic E-state index is 0.161. The lowest BCUT2D eigenvalue weighted by Crippen LogP contribution is -2.70. The number of aromatic amines is 1. The van der Waals surface area contributed by atoms with E-state index in [0.717, 1.165) is 16.7 Å². The molecule has 2 aromatic rings. The van der Waals surface area contributed by atoms with Gasteiger partial charge in [-0.3, -0.25) is 19.3 Å². The molecule has 1 saturated heterocycles. The van der Waals surface area contributed by atoms with Crippen LogP contribution in [0.5, 0.6) is 0 Å². The van der Waals surface area contributed by atoms with Crippen LogP contribution in [0.4, 0.5) is 0 Å². The third-order valence-corrected chi connectivity index (χ3v) is 7.63. The number of hydrogen-bond acceptors (Lipinski definition) is 9. The number of aliphatic hydroxyl groups is 1. The van der Waals surface area contributed by atoms with Gasteiger partial charge in [-0.25, -0.2) is 4.79 Å². The van der Waals surface area contributed by atoms with Gasteiger partial charge in [0, 0.05) is 11.5 Å². The summed E-state index contributed by atoms with van der Waals surface area (Å²) in [7, 11) is 0. The standard InChI is InChI=1S/C20H19N5O7S2/c26-12(27)6-11-17(23-24-22-11)33-7-10-8-34-19-13(18(30)25(19)14(10)20(31)32)21-16(29)15(28)9-4-2-1-3-5-9/h1-5,13,15,19,28H,6-8H2,(H,21,29)(H,26,27)(H,31,32)(H,22,23,24)/t13?,15-,19-/m1/s1. The predicted molar refractivity (Wildman–Crippen MR) is 120 cm³/mol. The number of H-pyrrole nitrogens is 1. The molecule has 34 heavy (non-hydrogen) atoms. The monoisotopic (exact) mass is 505 g/mol. The lowest BCUT2D eigenvalue weighted by Gasteiger charge is -2.49. The SMILES string of the molecule is O=C(O)Cc1n[nH]nc1SCC1=C(C(=O)O)N2C(=O)C(NC(=O)[C@H](O)c3ccccc3)[C@H]2SC1. The molecule has 0 spiro atoms. The largest absolute Gasteiger partial charge is 0.481 e. The van der Waals surface area contributed by atoms with Gasteiger partial charge in [-0.15, -0.1) is 16.9 Å². The van der Waals surface area contributed by atoms with E-state index in [0.29, 0.717) is 16.2 Å². The van der Waals surface area contributed by atoms with E-state index in [1.54, 1.807) is 30.3 Å². The van der Waals surface area contributed by atoms with E-state index in [-0.39, 0.29) is 29.3 Å². The van der Waals surface area contributed by atoms with Crippen molar-refractivity contribution in [2.75, 3.05) is 11.5 Å². The number of thioether (sulfide) groups is 2. The minimum Gasteiger partial charge on any atom is -0.481 e. The Balaban J connectivity index is 1.45. The zero-order chi connectivity index (χ0) is 24.4. The van der Waals surface area contributed by atoms with E-state index >= 15 is 0 Å². The van der Waals surface area contributed by atoms with Crippen molar-refractivity contribution in [3.8, 4) is 0 Å². The summed E-state index contributed by atoms with van der Waals surface area (Å²) >= 11 is 2.41. The third kappa shape index (κ3) is 4.64. The zero-order valence-electron chi connectivity index (χ0n) is 17.4. The van der Waals surface area contributed by atoms with Crippen LogP contribution in [-0.4, -0.2) is 82.3 Å². The number of carboxylic acid groups (broad SMARTS) is 2. The fourth-order valence-electron chi connectivity index (χ4n) is 3.59. The van der Waals surface area contributed by atoms with Gasteiger partial charge in [0.05, 0.1) is 6.42 Å². The number of β-lactam (4-membered cyclic amide) rings is 1. The Kier molecular flexibility index (Phi) is 6.90. The molecule has 12 nitrogen and oxygen atoms in total. The number of amides is 2. The van der Waals surface area contributed by atoms with Crippen LogP contribution in [0.1, 0.15) is 17.4 Å². The first-order chi connectivity index (χ1) is 16.3. The molecule has 5 N–H and O–H groups in total. The Bertz CT molecular complexity index is 1170. The highest BCUT2D eigenvalue weighted by atomic mass is 32.2. The summed E-state index contributed by atoms with van der Waals surface area (Å²) in [6.45, 7) is 0. The number of nitrogens with zero attached hydrogens (tertiary/aromatic N) is 3. The van der Waals surface area contributed by atoms with E-state index < -0.39 is 41.3 Å². The van der Waals surface area contributed by atoms with Crippen molar-refractivity contribution in [3.05, 3.63) is 52.9 Å². The number of nitrogens with one attached hydrogen (secondary N) is 2. The second-order valence-corrected chi connectivity index (χ2v) is 9.47. The Morgan fingerprint density at radius 2 is 1.97 bits per heavy atom. The number of aliphatic hydroxyl groups excluding tert-OH is 1. The summed E-state index contributed by atoms with van der Waals surface area (Å²) in [4.78, 5) is 49.3. The van der Waals surface area contributed by atoms with Crippen LogP contribution in [0.15, 0.2) is 46.6 Å². The van der Waals surface area contributed by atoms with E-state index in [9.17, 15) is 29.4 Å². The molecule has 1 aromatic carbocycles. The molecule has 0 bridgehead atoms. The van der Waals surface area contributed by atoms with Crippen molar-refractivity contribution < 1.29 is 34.5 Å². The van der Waals surface area contributed by atoms with Crippen LogP contribution in [0.3, 0.4) is 0 Å². The lowest BCUT2D eigenvalue weighted by molar-refractivity contribution is -0.151. The number of hydrogen-bond donors (Lipinski definition) is 5. The molecule has 2 aliphatic rings. The molecule has 3 atom stereocenters. The van der Waals surface area contributed by atoms with Gasteiger partial charge in [0.2, 0.25) is 0 Å². The van der Waals surface area contributed by atoms with Gasteiger partial charge in [0.15, 0.2) is 6.10 Å². The first kappa shape index (κ1) is 23.8. The summed E-state index contributed by atoms with van der Waals surface area (Å²) in [5.74, 6) is -3.25. The summed E-state index contributed by atoms with van der Waals surface area (Å²) < 4.78 is 0. The minimum atomic E-state index is -1.46. The van der Waals surface area contributed by atoms with E-state index in [1.165, 1.54) is 11.8 Å². The maximum Gasteiger partial charge on any atom is 0.352 e. The number of carbonyl (C=O) groups excluding carboxylic acids is 2. The van der Waals surface area contributed by atoms with Crippen LogP contribution in [-0.2, 0) is 25.6 Å². The fourth-order valence-corrected chi connectivity index (χ4v) is 6.00. The van der Waals surface area contributed by atoms with Gasteiger partial charge >= 0.3 is 11.9 Å². The van der Waals surface area contributed by atoms with E-state index in [2.05, 4.69) is 20.7 Å². The van der Waals surface area contributed by atoms with Crippen molar-refractivity contribution in [3.63, 3.8) is 0 Å². The van der Waals surface area contributed by atoms with E-state index in [4.69, 9.17) is 5.11 Å². The molecular weight excluding hydrogens is 486 g/mol. The first-order valence-electron chi connectivity index (χ1n) is 9.95. The molecule has 4 rings (SSSR count). The van der Waals surface area contributed by atoms with Gasteiger partial charge in [0.1, 0.15) is 27.8 Å². The van der Waals surface area contributed by atoms with Gasteiger partial charge < -0.3 is 20.6 Å². The number of carboxylic acids is 2. The van der Waals surface area contributed by atoms with Gasteiger partial charge in [-0.1, -0.05) is 42.1 Å². The molecule has 0 saturated carbocycles. The highest BCUT2D eigenvalue weighted by Crippen LogP contribution is 2.41. The van der Waals surface area contributed by atoms with Gasteiger partial charge in [-0.05, 0) is 11.1 Å². The number of fused-ring (bicyclic) bond motifs is 1. The smallest absolute Gasteiger partial charge is 0.352 e. The van der Waals surface area contributed by atoms with Gasteiger partial charge in [0.25, 0.3) is 11.8 Å². The Morgan fingerprint density at radius 1 is 1.24 bits per heavy atom. The molecule has 1 unspecified atom stereocenters. The molecule has 178 valence electrons. The highest BCUT2D eigenvalue weighted by Gasteiger charge is 2.54. The Hall–Kier alpha value is -3.36. The van der Waals surface area contributed by atoms with Crippen molar-refractivity contribution in [2.45, 2.75) is 29.0 Å². The van der Waals surface area contributed by atoms with Crippen molar-refractivity contribution in [2.24, 2.45) is 0 Å². The zero-order valence-corrected chi connectivity index (χ0v) is 19.0. The normalized spacial score (nSPS) is 20.4. The second-order valence-electron chi connectivity index (χ2n) is 7.40. The number of rotatable bonds is 9. The molecule has 1 fully saturated rings. The number of aromatic nitrogens is 3. The average molecular weight is 506 g/mol. The molecule has 0 aliphatic carbocycles. The molecule has 2 amide bonds. The number of benzene rings is 1. The number of carbonyl (C=O) groups is 4. The van der Waals surface area contributed by atoms with Crippen LogP contribution >= 0.6 is 23.5 Å². The fraction of sp³-hybridized carbons (Fsp3) is 0.300. The topological polar surface area (TPSA) is 186 Å². The van der Waals surface area contributed by atoms with Crippen LogP contribution in [0, 0.1) is 0 Å². The average Bonchev–Trinajstić information content (AvgIpc) is 3.26. The quantitative estimate of drug-likeness (QED) is 0.228. The maximum atomic E-state index is 12.8. The van der Waals surface area contributed by atoms with Crippen molar-refractivity contribution >= 4 is 47.3 Å². The second kappa shape index (κ2) is 9.87. The van der Waals surface area contributed by atoms with Crippen molar-refractivity contribution in [1.29, 1.82) is 0 Å². The third-order valence-electron chi connectivity index (χ3n) is 5.20. The first-order valence-corrected chi connectivity index (χ1v) is 12.0. The van der Waals surface area contributed by atoms with E-state index in [1.807, 2.05) is 0 Å².